The van der Waals surface area contributed by atoms with Gasteiger partial charge in [0.2, 0.25) is 0 Å². The molecule has 3 N–H and O–H groups in total. The molecule has 0 aliphatic carbocycles. The van der Waals surface area contributed by atoms with Crippen molar-refractivity contribution in [1.29, 1.82) is 0 Å². The first-order chi connectivity index (χ1) is 7.41. The van der Waals surface area contributed by atoms with Gasteiger partial charge in [0.25, 0.3) is 0 Å². The topological polar surface area (TPSA) is 93.3 Å². The van der Waals surface area contributed by atoms with Crippen LogP contribution in [0.3, 0.4) is 0 Å². The number of aryl methyl sites for hydroxylation is 1. The number of aromatic nitrogens is 1. The van der Waals surface area contributed by atoms with Gasteiger partial charge in [0, 0.05) is 23.4 Å². The SMILES string of the molecule is CC(=O)c1ccc(C[C@H](N)C(=O)O)nc1C. The lowest BCUT2D eigenvalue weighted by molar-refractivity contribution is -0.138. The fourth-order valence-electron chi connectivity index (χ4n) is 1.41. The Balaban J connectivity index is 2.89. The quantitative estimate of drug-likeness (QED) is 0.725. The molecule has 1 rings (SSSR count). The third-order valence-corrected chi connectivity index (χ3v) is 2.27. The second-order valence-corrected chi connectivity index (χ2v) is 3.64. The van der Waals surface area contributed by atoms with Crippen molar-refractivity contribution in [3.05, 3.63) is 29.1 Å². The van der Waals surface area contributed by atoms with E-state index in [1.807, 2.05) is 0 Å². The van der Waals surface area contributed by atoms with Crippen LogP contribution >= 0.6 is 0 Å². The maximum atomic E-state index is 11.1. The summed E-state index contributed by atoms with van der Waals surface area (Å²) >= 11 is 0. The van der Waals surface area contributed by atoms with Gasteiger partial charge in [-0.05, 0) is 26.0 Å². The number of nitrogens with two attached hydrogens (primary N) is 1. The summed E-state index contributed by atoms with van der Waals surface area (Å²) in [4.78, 5) is 25.9. The third-order valence-electron chi connectivity index (χ3n) is 2.27. The van der Waals surface area contributed by atoms with Crippen LogP contribution in [0, 0.1) is 6.92 Å². The van der Waals surface area contributed by atoms with E-state index < -0.39 is 12.0 Å². The number of hydrogen-bond acceptors (Lipinski definition) is 4. The molecule has 86 valence electrons. The molecule has 0 saturated heterocycles. The normalized spacial score (nSPS) is 12.2. The minimum absolute atomic E-state index is 0.0564. The Kier molecular flexibility index (Phi) is 3.73. The van der Waals surface area contributed by atoms with Crippen LogP contribution in [-0.2, 0) is 11.2 Å². The van der Waals surface area contributed by atoms with Crippen molar-refractivity contribution in [1.82, 2.24) is 4.98 Å². The molecule has 0 aliphatic rings. The van der Waals surface area contributed by atoms with Crippen molar-refractivity contribution in [2.24, 2.45) is 5.73 Å². The molecule has 0 aromatic carbocycles. The van der Waals surface area contributed by atoms with Crippen molar-refractivity contribution >= 4 is 11.8 Å². The molecule has 0 amide bonds. The van der Waals surface area contributed by atoms with Gasteiger partial charge in [-0.25, -0.2) is 0 Å². The zero-order valence-electron chi connectivity index (χ0n) is 9.23. The number of rotatable bonds is 4. The molecule has 0 bridgehead atoms. The third kappa shape index (κ3) is 2.87. The van der Waals surface area contributed by atoms with Crippen LogP contribution in [0.5, 0.6) is 0 Å². The Morgan fingerprint density at radius 1 is 1.50 bits per heavy atom. The van der Waals surface area contributed by atoms with E-state index >= 15 is 0 Å². The fraction of sp³-hybridized carbons (Fsp3) is 0.364. The highest BCUT2D eigenvalue weighted by molar-refractivity contribution is 5.95. The lowest BCUT2D eigenvalue weighted by atomic mass is 10.1. The molecule has 0 aliphatic heterocycles. The molecule has 1 heterocycles. The maximum Gasteiger partial charge on any atom is 0.320 e. The van der Waals surface area contributed by atoms with Crippen LogP contribution in [0.25, 0.3) is 0 Å². The molecule has 1 aromatic heterocycles. The Morgan fingerprint density at radius 3 is 2.56 bits per heavy atom. The number of carboxylic acids is 1. The van der Waals surface area contributed by atoms with Gasteiger partial charge in [0.1, 0.15) is 6.04 Å². The van der Waals surface area contributed by atoms with Crippen LogP contribution < -0.4 is 5.73 Å². The van der Waals surface area contributed by atoms with E-state index in [0.29, 0.717) is 17.0 Å². The van der Waals surface area contributed by atoms with Gasteiger partial charge in [-0.1, -0.05) is 0 Å². The van der Waals surface area contributed by atoms with Crippen LogP contribution in [0.15, 0.2) is 12.1 Å². The monoisotopic (exact) mass is 222 g/mol. The highest BCUT2D eigenvalue weighted by atomic mass is 16.4. The van der Waals surface area contributed by atoms with Crippen molar-refractivity contribution < 1.29 is 14.7 Å². The summed E-state index contributed by atoms with van der Waals surface area (Å²) in [6.45, 7) is 3.18. The molecular formula is C11H14N2O3. The number of aliphatic carboxylic acids is 1. The van der Waals surface area contributed by atoms with E-state index in [9.17, 15) is 9.59 Å². The van der Waals surface area contributed by atoms with Gasteiger partial charge < -0.3 is 10.8 Å². The number of carboxylic acid groups (broad SMARTS) is 1. The number of ketones is 1. The summed E-state index contributed by atoms with van der Waals surface area (Å²) in [5.41, 5.74) is 7.12. The first kappa shape index (κ1) is 12.3. The molecule has 0 saturated carbocycles. The van der Waals surface area contributed by atoms with Crippen molar-refractivity contribution in [3.63, 3.8) is 0 Å². The minimum Gasteiger partial charge on any atom is -0.480 e. The summed E-state index contributed by atoms with van der Waals surface area (Å²) < 4.78 is 0. The van der Waals surface area contributed by atoms with Gasteiger partial charge in [-0.15, -0.1) is 0 Å². The fourth-order valence-corrected chi connectivity index (χ4v) is 1.41. The molecule has 5 heteroatoms. The first-order valence-corrected chi connectivity index (χ1v) is 4.87. The zero-order chi connectivity index (χ0) is 12.3. The Labute approximate surface area is 93.3 Å². The highest BCUT2D eigenvalue weighted by Crippen LogP contribution is 2.09. The number of pyridine rings is 1. The first-order valence-electron chi connectivity index (χ1n) is 4.87. The van der Waals surface area contributed by atoms with E-state index in [-0.39, 0.29) is 12.2 Å². The Hall–Kier alpha value is -1.75. The van der Waals surface area contributed by atoms with Gasteiger partial charge >= 0.3 is 5.97 Å². The molecule has 1 atom stereocenters. The zero-order valence-corrected chi connectivity index (χ0v) is 9.23. The van der Waals surface area contributed by atoms with Crippen molar-refractivity contribution in [2.45, 2.75) is 26.3 Å². The summed E-state index contributed by atoms with van der Waals surface area (Å²) in [7, 11) is 0. The Morgan fingerprint density at radius 2 is 2.12 bits per heavy atom. The smallest absolute Gasteiger partial charge is 0.320 e. The molecule has 0 fully saturated rings. The number of Topliss-reactive ketones (excluding diaryl/α,β-unsaturated/α-hetero) is 1. The predicted molar refractivity (Wildman–Crippen MR) is 58.3 cm³/mol. The molecular weight excluding hydrogens is 208 g/mol. The second kappa shape index (κ2) is 4.85. The van der Waals surface area contributed by atoms with E-state index in [4.69, 9.17) is 10.8 Å². The second-order valence-electron chi connectivity index (χ2n) is 3.64. The highest BCUT2D eigenvalue weighted by Gasteiger charge is 2.14. The number of carbonyl (C=O) groups is 2. The molecule has 5 nitrogen and oxygen atoms in total. The van der Waals surface area contributed by atoms with Crippen molar-refractivity contribution in [3.8, 4) is 0 Å². The number of carbonyl (C=O) groups excluding carboxylic acids is 1. The molecule has 16 heavy (non-hydrogen) atoms. The van der Waals surface area contributed by atoms with Gasteiger partial charge in [-0.2, -0.15) is 0 Å². The van der Waals surface area contributed by atoms with Crippen LogP contribution in [0.4, 0.5) is 0 Å². The average molecular weight is 222 g/mol. The molecule has 0 radical (unpaired) electrons. The van der Waals surface area contributed by atoms with E-state index in [2.05, 4.69) is 4.98 Å². The van der Waals surface area contributed by atoms with E-state index in [1.165, 1.54) is 6.92 Å². The lowest BCUT2D eigenvalue weighted by Gasteiger charge is -2.08. The van der Waals surface area contributed by atoms with Crippen LogP contribution in [-0.4, -0.2) is 27.9 Å². The minimum atomic E-state index is -1.06. The lowest BCUT2D eigenvalue weighted by Crippen LogP contribution is -2.32. The predicted octanol–water partition coefficient (Wildman–Crippen LogP) is 0.547. The van der Waals surface area contributed by atoms with Crippen LogP contribution in [0.1, 0.15) is 28.7 Å². The van der Waals surface area contributed by atoms with Crippen molar-refractivity contribution in [2.75, 3.05) is 0 Å². The summed E-state index contributed by atoms with van der Waals surface area (Å²) in [6.07, 6.45) is 0.161. The van der Waals surface area contributed by atoms with Gasteiger partial charge in [0.05, 0.1) is 0 Å². The Bertz CT molecular complexity index is 429. The van der Waals surface area contributed by atoms with Crippen LogP contribution in [0.2, 0.25) is 0 Å². The summed E-state index contributed by atoms with van der Waals surface area (Å²) in [5, 5.41) is 8.65. The largest absolute Gasteiger partial charge is 0.480 e. The van der Waals surface area contributed by atoms with E-state index in [1.54, 1.807) is 19.1 Å². The summed E-state index contributed by atoms with van der Waals surface area (Å²) in [5.74, 6) is -1.12. The maximum absolute atomic E-state index is 11.1. The summed E-state index contributed by atoms with van der Waals surface area (Å²) in [6, 6.07) is 2.32. The van der Waals surface area contributed by atoms with E-state index in [0.717, 1.165) is 0 Å². The number of hydrogen-bond donors (Lipinski definition) is 2. The molecule has 1 aromatic rings. The molecule has 0 spiro atoms. The van der Waals surface area contributed by atoms with Gasteiger partial charge in [-0.3, -0.25) is 14.6 Å². The number of nitrogens with zero attached hydrogens (tertiary/aromatic N) is 1. The average Bonchev–Trinajstić information content (AvgIpc) is 2.16. The van der Waals surface area contributed by atoms with Gasteiger partial charge in [0.15, 0.2) is 5.78 Å². The molecule has 0 unspecified atom stereocenters. The standard InChI is InChI=1S/C11H14N2O3/c1-6-9(7(2)14)4-3-8(13-6)5-10(12)11(15)16/h3-4,10H,5,12H2,1-2H3,(H,15,16)/t10-/m0/s1.